The predicted molar refractivity (Wildman–Crippen MR) is 120 cm³/mol. The van der Waals surface area contributed by atoms with Crippen LogP contribution in [0, 0.1) is 0 Å². The van der Waals surface area contributed by atoms with Crippen LogP contribution in [0.3, 0.4) is 0 Å². The Morgan fingerprint density at radius 3 is 2.30 bits per heavy atom. The van der Waals surface area contributed by atoms with E-state index < -0.39 is 0 Å². The molecule has 1 N–H and O–H groups in total. The van der Waals surface area contributed by atoms with E-state index in [1.165, 1.54) is 5.56 Å². The molecule has 0 saturated carbocycles. The third-order valence-electron chi connectivity index (χ3n) is 6.07. The van der Waals surface area contributed by atoms with Crippen LogP contribution in [0.1, 0.15) is 42.6 Å². The van der Waals surface area contributed by atoms with Gasteiger partial charge < -0.3 is 9.80 Å². The van der Waals surface area contributed by atoms with Crippen molar-refractivity contribution in [3.63, 3.8) is 0 Å². The van der Waals surface area contributed by atoms with E-state index in [-0.39, 0.29) is 5.91 Å². The molecule has 0 bridgehead atoms. The van der Waals surface area contributed by atoms with Crippen molar-refractivity contribution in [3.8, 4) is 16.9 Å². The Balaban J connectivity index is 1.70. The highest BCUT2D eigenvalue weighted by Gasteiger charge is 2.27. The third-order valence-corrected chi connectivity index (χ3v) is 6.07. The molecule has 4 rings (SSSR count). The number of carbonyl (C=O) groups excluding carboxylic acids is 1. The van der Waals surface area contributed by atoms with Gasteiger partial charge in [0, 0.05) is 11.8 Å². The molecule has 3 aromatic rings. The van der Waals surface area contributed by atoms with E-state index in [1.807, 2.05) is 46.1 Å². The van der Waals surface area contributed by atoms with Gasteiger partial charge in [0.25, 0.3) is 5.91 Å². The molecule has 1 amide bonds. The highest BCUT2D eigenvalue weighted by atomic mass is 16.2. The molecule has 30 heavy (non-hydrogen) atoms. The van der Waals surface area contributed by atoms with Crippen molar-refractivity contribution in [1.82, 2.24) is 14.7 Å². The second-order valence-corrected chi connectivity index (χ2v) is 8.34. The summed E-state index contributed by atoms with van der Waals surface area (Å²) < 4.78 is 1.83. The standard InChI is InChI=1S/C25H30N4O/c1-4-27-14-16-28(17-15-27)25(30)23-18-29(22-8-6-5-7-9-22)26-24(23)21-12-10-20(11-13-21)19(2)3/h5-13,18-19H,4,14-17H2,1-3H3/p+1. The maximum atomic E-state index is 13.5. The largest absolute Gasteiger partial charge is 0.332 e. The number of amides is 1. The van der Waals surface area contributed by atoms with Gasteiger partial charge in [0.05, 0.1) is 44.0 Å². The number of quaternary nitrogens is 1. The smallest absolute Gasteiger partial charge is 0.258 e. The average Bonchev–Trinajstić information content (AvgIpc) is 3.25. The van der Waals surface area contributed by atoms with E-state index in [2.05, 4.69) is 45.0 Å². The molecule has 1 aromatic heterocycles. The van der Waals surface area contributed by atoms with Gasteiger partial charge in [-0.3, -0.25) is 4.79 Å². The zero-order chi connectivity index (χ0) is 21.1. The van der Waals surface area contributed by atoms with Crippen molar-refractivity contribution in [2.45, 2.75) is 26.7 Å². The Bertz CT molecular complexity index is 984. The molecule has 1 aliphatic rings. The van der Waals surface area contributed by atoms with E-state index in [4.69, 9.17) is 5.10 Å². The normalized spacial score (nSPS) is 15.0. The minimum Gasteiger partial charge on any atom is -0.332 e. The van der Waals surface area contributed by atoms with Crippen LogP contribution in [0.15, 0.2) is 60.8 Å². The zero-order valence-electron chi connectivity index (χ0n) is 18.1. The molecule has 0 aliphatic carbocycles. The Hall–Kier alpha value is -2.92. The van der Waals surface area contributed by atoms with Crippen molar-refractivity contribution >= 4 is 5.91 Å². The lowest BCUT2D eigenvalue weighted by Crippen LogP contribution is -3.14. The first kappa shape index (κ1) is 20.4. The molecule has 1 fully saturated rings. The lowest BCUT2D eigenvalue weighted by molar-refractivity contribution is -0.902. The second kappa shape index (κ2) is 8.84. The van der Waals surface area contributed by atoms with Gasteiger partial charge in [0.1, 0.15) is 5.69 Å². The van der Waals surface area contributed by atoms with Crippen molar-refractivity contribution < 1.29 is 9.69 Å². The Labute approximate surface area is 178 Å². The second-order valence-electron chi connectivity index (χ2n) is 8.34. The summed E-state index contributed by atoms with van der Waals surface area (Å²) >= 11 is 0. The highest BCUT2D eigenvalue weighted by Crippen LogP contribution is 2.27. The summed E-state index contributed by atoms with van der Waals surface area (Å²) in [6.07, 6.45) is 1.89. The molecule has 1 saturated heterocycles. The number of nitrogens with zero attached hydrogens (tertiary/aromatic N) is 3. The number of benzene rings is 2. The van der Waals surface area contributed by atoms with Crippen LogP contribution in [0.5, 0.6) is 0 Å². The number of nitrogens with one attached hydrogen (secondary N) is 1. The van der Waals surface area contributed by atoms with E-state index in [0.29, 0.717) is 11.5 Å². The van der Waals surface area contributed by atoms with Crippen LogP contribution in [0.25, 0.3) is 16.9 Å². The van der Waals surface area contributed by atoms with Crippen molar-refractivity contribution in [2.75, 3.05) is 32.7 Å². The summed E-state index contributed by atoms with van der Waals surface area (Å²) in [5, 5.41) is 4.84. The maximum Gasteiger partial charge on any atom is 0.258 e. The highest BCUT2D eigenvalue weighted by molar-refractivity contribution is 6.00. The molecule has 2 heterocycles. The van der Waals surface area contributed by atoms with Crippen molar-refractivity contribution in [3.05, 3.63) is 71.9 Å². The first-order valence-corrected chi connectivity index (χ1v) is 10.9. The van der Waals surface area contributed by atoms with E-state index in [1.54, 1.807) is 4.90 Å². The van der Waals surface area contributed by atoms with Gasteiger partial charge in [-0.05, 0) is 30.5 Å². The van der Waals surface area contributed by atoms with Crippen LogP contribution >= 0.6 is 0 Å². The molecule has 1 aliphatic heterocycles. The van der Waals surface area contributed by atoms with Crippen LogP contribution in [-0.2, 0) is 0 Å². The first-order valence-electron chi connectivity index (χ1n) is 10.9. The SMILES string of the molecule is CC[NH+]1CCN(C(=O)c2cn(-c3ccccc3)nc2-c2ccc(C(C)C)cc2)CC1. The number of hydrogen-bond donors (Lipinski definition) is 1. The summed E-state index contributed by atoms with van der Waals surface area (Å²) in [5.74, 6) is 0.551. The Kier molecular flexibility index (Phi) is 6.00. The monoisotopic (exact) mass is 403 g/mol. The number of hydrogen-bond acceptors (Lipinski definition) is 2. The van der Waals surface area contributed by atoms with Crippen molar-refractivity contribution in [2.24, 2.45) is 0 Å². The summed E-state index contributed by atoms with van der Waals surface area (Å²) in [6.45, 7) is 11.3. The molecule has 2 aromatic carbocycles. The first-order chi connectivity index (χ1) is 14.6. The quantitative estimate of drug-likeness (QED) is 0.712. The van der Waals surface area contributed by atoms with Gasteiger partial charge in [-0.1, -0.05) is 56.3 Å². The fourth-order valence-electron chi connectivity index (χ4n) is 4.03. The van der Waals surface area contributed by atoms with Crippen molar-refractivity contribution in [1.29, 1.82) is 0 Å². The number of likely N-dealkylation sites (N-methyl/N-ethyl adjacent to an activating group) is 1. The van der Waals surface area contributed by atoms with Gasteiger partial charge in [-0.2, -0.15) is 5.10 Å². The topological polar surface area (TPSA) is 42.6 Å². The summed E-state index contributed by atoms with van der Waals surface area (Å²) in [4.78, 5) is 17.0. The molecular formula is C25H31N4O+. The molecule has 0 radical (unpaired) electrons. The molecule has 0 unspecified atom stereocenters. The molecule has 0 atom stereocenters. The van der Waals surface area contributed by atoms with Gasteiger partial charge in [-0.25, -0.2) is 4.68 Å². The third kappa shape index (κ3) is 4.17. The lowest BCUT2D eigenvalue weighted by Gasteiger charge is -2.31. The minimum absolute atomic E-state index is 0.0790. The van der Waals surface area contributed by atoms with Gasteiger partial charge >= 0.3 is 0 Å². The van der Waals surface area contributed by atoms with E-state index >= 15 is 0 Å². The Morgan fingerprint density at radius 2 is 1.70 bits per heavy atom. The molecule has 156 valence electrons. The van der Waals surface area contributed by atoms with Crippen LogP contribution in [0.4, 0.5) is 0 Å². The average molecular weight is 404 g/mol. The lowest BCUT2D eigenvalue weighted by atomic mass is 9.99. The number of rotatable bonds is 5. The minimum atomic E-state index is 0.0790. The van der Waals surface area contributed by atoms with Gasteiger partial charge in [0.15, 0.2) is 0 Å². The molecule has 5 heteroatoms. The maximum absolute atomic E-state index is 13.5. The zero-order valence-corrected chi connectivity index (χ0v) is 18.1. The molecular weight excluding hydrogens is 372 g/mol. The number of aromatic nitrogens is 2. The van der Waals surface area contributed by atoms with E-state index in [0.717, 1.165) is 49.7 Å². The summed E-state index contributed by atoms with van der Waals surface area (Å²) in [6, 6.07) is 18.4. The van der Waals surface area contributed by atoms with Crippen LogP contribution < -0.4 is 4.90 Å². The molecule has 0 spiro atoms. The van der Waals surface area contributed by atoms with Gasteiger partial charge in [0.2, 0.25) is 0 Å². The fraction of sp³-hybridized carbons (Fsp3) is 0.360. The number of piperazine rings is 1. The van der Waals surface area contributed by atoms with Gasteiger partial charge in [-0.15, -0.1) is 0 Å². The number of carbonyl (C=O) groups is 1. The van der Waals surface area contributed by atoms with Crippen LogP contribution in [-0.4, -0.2) is 53.3 Å². The fourth-order valence-corrected chi connectivity index (χ4v) is 4.03. The number of para-hydroxylation sites is 1. The summed E-state index contributed by atoms with van der Waals surface area (Å²) in [5.41, 5.74) is 4.65. The Morgan fingerprint density at radius 1 is 1.03 bits per heavy atom. The van der Waals surface area contributed by atoms with Crippen LogP contribution in [0.2, 0.25) is 0 Å². The predicted octanol–water partition coefficient (Wildman–Crippen LogP) is 3.02. The molecule has 5 nitrogen and oxygen atoms in total. The van der Waals surface area contributed by atoms with E-state index in [9.17, 15) is 4.79 Å². The summed E-state index contributed by atoms with van der Waals surface area (Å²) in [7, 11) is 0.